The lowest BCUT2D eigenvalue weighted by molar-refractivity contribution is -0.248. The molecule has 0 amide bonds. The van der Waals surface area contributed by atoms with Crippen LogP contribution < -0.4 is 9.47 Å². The Morgan fingerprint density at radius 3 is 0.952 bits per heavy atom. The first-order valence-corrected chi connectivity index (χ1v) is 24.2. The maximum atomic E-state index is 12.6. The van der Waals surface area contributed by atoms with Crippen molar-refractivity contribution in [1.82, 2.24) is 10.1 Å². The zero-order valence-corrected chi connectivity index (χ0v) is 39.9. The number of benzene rings is 2. The van der Waals surface area contributed by atoms with Crippen molar-refractivity contribution in [3.63, 3.8) is 0 Å². The number of esters is 2. The van der Waals surface area contributed by atoms with Gasteiger partial charge in [0.2, 0.25) is 0 Å². The number of unbranched alkanes of at least 4 members (excludes halogenated alkanes) is 16. The lowest BCUT2D eigenvalue weighted by atomic mass is 9.87. The fraction of sp³-hybridized carbons (Fsp3) is 0.731. The molecule has 0 N–H and O–H groups in total. The summed E-state index contributed by atoms with van der Waals surface area (Å²) in [5.41, 5.74) is -0.199. The van der Waals surface area contributed by atoms with Crippen LogP contribution in [0.1, 0.15) is 184 Å². The lowest BCUT2D eigenvalue weighted by Gasteiger charge is -2.32. The second-order valence-corrected chi connectivity index (χ2v) is 20.5. The van der Waals surface area contributed by atoms with Crippen LogP contribution in [-0.4, -0.2) is 70.6 Å². The Labute approximate surface area is 375 Å². The van der Waals surface area contributed by atoms with E-state index in [1.54, 1.807) is 0 Å². The first-order valence-electron chi connectivity index (χ1n) is 24.2. The van der Waals surface area contributed by atoms with Gasteiger partial charge in [-0.1, -0.05) is 114 Å². The SMILES string of the molecule is CC1(C)CC(C(=O)OCCCCCCCCCCCOc2ccc(-c3ccc(OCCCCCCCCCCCOC(=O)C4CC(C)(C)N([O])C4(C)C)cc3)cc2)C(C)(C)N1[O]. The Bertz CT molecular complexity index is 1490. The zero-order valence-electron chi connectivity index (χ0n) is 39.9. The molecule has 0 aliphatic carbocycles. The monoisotopic (exact) mass is 863 g/mol. The first-order chi connectivity index (χ1) is 29.5. The van der Waals surface area contributed by atoms with E-state index in [1.807, 2.05) is 55.4 Å². The summed E-state index contributed by atoms with van der Waals surface area (Å²) in [5.74, 6) is 0.616. The van der Waals surface area contributed by atoms with Crippen LogP contribution in [0.4, 0.5) is 0 Å². The Balaban J connectivity index is 0.917. The van der Waals surface area contributed by atoms with Crippen LogP contribution >= 0.6 is 0 Å². The standard InChI is InChI=1S/C52H82N2O8/c1-49(2)39-45(51(5,6)53(49)57)47(55)61-37-25-21-17-13-9-11-15-19-23-35-59-43-31-27-41(28-32-43)42-29-33-44(34-30-42)60-36-24-20-16-12-10-14-18-22-26-38-62-48(56)46-40-50(3,4)54(58)52(46,7)8/h27-34,45-46H,9-26,35-40H2,1-8H3. The van der Waals surface area contributed by atoms with E-state index in [0.29, 0.717) is 26.1 Å². The van der Waals surface area contributed by atoms with Gasteiger partial charge in [0.1, 0.15) is 11.5 Å². The predicted molar refractivity (Wildman–Crippen MR) is 245 cm³/mol. The molecule has 10 nitrogen and oxygen atoms in total. The van der Waals surface area contributed by atoms with Gasteiger partial charge in [-0.05, 0) is 129 Å². The number of carbonyl (C=O) groups excluding carboxylic acids is 2. The second-order valence-electron chi connectivity index (χ2n) is 20.5. The highest BCUT2D eigenvalue weighted by atomic mass is 16.5. The van der Waals surface area contributed by atoms with Crippen LogP contribution in [0, 0.1) is 11.8 Å². The molecule has 2 aromatic rings. The van der Waals surface area contributed by atoms with Crippen molar-refractivity contribution in [2.75, 3.05) is 26.4 Å². The summed E-state index contributed by atoms with van der Waals surface area (Å²) in [6.07, 6.45) is 21.5. The third kappa shape index (κ3) is 15.5. The van der Waals surface area contributed by atoms with Crippen LogP contribution in [0.2, 0.25) is 0 Å². The molecule has 2 atom stereocenters. The van der Waals surface area contributed by atoms with Crippen molar-refractivity contribution in [3.8, 4) is 22.6 Å². The summed E-state index contributed by atoms with van der Waals surface area (Å²) in [6, 6.07) is 16.7. The molecule has 0 bridgehead atoms. The maximum absolute atomic E-state index is 12.6. The van der Waals surface area contributed by atoms with Crippen molar-refractivity contribution in [3.05, 3.63) is 48.5 Å². The molecule has 2 aliphatic rings. The van der Waals surface area contributed by atoms with Crippen LogP contribution in [0.25, 0.3) is 11.1 Å². The molecular weight excluding hydrogens is 781 g/mol. The van der Waals surface area contributed by atoms with Crippen LogP contribution in [0.15, 0.2) is 48.5 Å². The Morgan fingerprint density at radius 2 is 0.694 bits per heavy atom. The van der Waals surface area contributed by atoms with Gasteiger partial charge in [0.25, 0.3) is 0 Å². The fourth-order valence-electron chi connectivity index (χ4n) is 9.55. The number of hydrogen-bond acceptors (Lipinski definition) is 8. The van der Waals surface area contributed by atoms with Gasteiger partial charge in [-0.15, -0.1) is 20.5 Å². The minimum atomic E-state index is -0.725. The third-order valence-electron chi connectivity index (χ3n) is 13.5. The average molecular weight is 863 g/mol. The van der Waals surface area contributed by atoms with E-state index in [1.165, 1.54) is 64.2 Å². The van der Waals surface area contributed by atoms with Crippen molar-refractivity contribution in [1.29, 1.82) is 0 Å². The topological polar surface area (TPSA) is 117 Å². The van der Waals surface area contributed by atoms with Gasteiger partial charge in [0.05, 0.1) is 49.3 Å². The van der Waals surface area contributed by atoms with Gasteiger partial charge < -0.3 is 18.9 Å². The Kier molecular flexibility index (Phi) is 20.6. The number of rotatable bonds is 29. The molecule has 2 heterocycles. The summed E-state index contributed by atoms with van der Waals surface area (Å²) in [6.45, 7) is 17.3. The van der Waals surface area contributed by atoms with E-state index in [-0.39, 0.29) is 23.8 Å². The third-order valence-corrected chi connectivity index (χ3v) is 13.5. The summed E-state index contributed by atoms with van der Waals surface area (Å²) in [5, 5.41) is 27.2. The highest BCUT2D eigenvalue weighted by Gasteiger charge is 2.57. The van der Waals surface area contributed by atoms with E-state index in [0.717, 1.165) is 97.3 Å². The van der Waals surface area contributed by atoms with E-state index in [2.05, 4.69) is 48.5 Å². The number of hydrogen-bond donors (Lipinski definition) is 0. The molecule has 2 aliphatic heterocycles. The molecule has 348 valence electrons. The fourth-order valence-corrected chi connectivity index (χ4v) is 9.55. The van der Waals surface area contributed by atoms with Crippen LogP contribution in [0.5, 0.6) is 11.5 Å². The molecule has 2 fully saturated rings. The van der Waals surface area contributed by atoms with E-state index in [4.69, 9.17) is 18.9 Å². The molecule has 2 unspecified atom stereocenters. The van der Waals surface area contributed by atoms with Gasteiger partial charge in [-0.3, -0.25) is 9.59 Å². The quantitative estimate of drug-likeness (QED) is 0.0586. The molecule has 62 heavy (non-hydrogen) atoms. The Hall–Kier alpha value is -3.18. The van der Waals surface area contributed by atoms with E-state index in [9.17, 15) is 20.0 Å². The Morgan fingerprint density at radius 1 is 0.435 bits per heavy atom. The van der Waals surface area contributed by atoms with Gasteiger partial charge in [0.15, 0.2) is 0 Å². The first kappa shape index (κ1) is 51.5. The minimum Gasteiger partial charge on any atom is -0.494 e. The van der Waals surface area contributed by atoms with Crippen molar-refractivity contribution < 1.29 is 39.0 Å². The van der Waals surface area contributed by atoms with Crippen molar-refractivity contribution >= 4 is 11.9 Å². The molecule has 2 aromatic carbocycles. The van der Waals surface area contributed by atoms with Gasteiger partial charge in [-0.25, -0.2) is 0 Å². The van der Waals surface area contributed by atoms with Gasteiger partial charge >= 0.3 is 11.9 Å². The predicted octanol–water partition coefficient (Wildman–Crippen LogP) is 12.7. The minimum absolute atomic E-state index is 0.227. The largest absolute Gasteiger partial charge is 0.494 e. The molecule has 0 saturated carbocycles. The molecular formula is C52H82N2O8. The van der Waals surface area contributed by atoms with Crippen molar-refractivity contribution in [2.24, 2.45) is 11.8 Å². The highest BCUT2D eigenvalue weighted by molar-refractivity contribution is 5.75. The van der Waals surface area contributed by atoms with E-state index >= 15 is 0 Å². The molecule has 0 spiro atoms. The number of carbonyl (C=O) groups is 2. The van der Waals surface area contributed by atoms with E-state index < -0.39 is 22.2 Å². The zero-order chi connectivity index (χ0) is 45.2. The number of hydroxylamine groups is 4. The van der Waals surface area contributed by atoms with Crippen LogP contribution in [-0.2, 0) is 29.5 Å². The maximum Gasteiger partial charge on any atom is 0.310 e. The normalized spacial score (nSPS) is 20.3. The molecule has 10 heteroatoms. The summed E-state index contributed by atoms with van der Waals surface area (Å²) in [7, 11) is 0. The number of ether oxygens (including phenoxy) is 4. The number of nitrogens with zero attached hydrogens (tertiary/aromatic N) is 2. The highest BCUT2D eigenvalue weighted by Crippen LogP contribution is 2.45. The smallest absolute Gasteiger partial charge is 0.310 e. The van der Waals surface area contributed by atoms with Gasteiger partial charge in [-0.2, -0.15) is 0 Å². The van der Waals surface area contributed by atoms with Crippen molar-refractivity contribution in [2.45, 2.75) is 206 Å². The molecule has 0 aromatic heterocycles. The average Bonchev–Trinajstić information content (AvgIpc) is 3.52. The van der Waals surface area contributed by atoms with Gasteiger partial charge in [0, 0.05) is 11.1 Å². The lowest BCUT2D eigenvalue weighted by Crippen LogP contribution is -2.47. The van der Waals surface area contributed by atoms with Crippen LogP contribution in [0.3, 0.4) is 0 Å². The second kappa shape index (κ2) is 24.8. The summed E-state index contributed by atoms with van der Waals surface area (Å²) < 4.78 is 23.2. The molecule has 4 rings (SSSR count). The molecule has 2 saturated heterocycles. The molecule has 2 radical (unpaired) electrons. The summed E-state index contributed by atoms with van der Waals surface area (Å²) >= 11 is 0. The summed E-state index contributed by atoms with van der Waals surface area (Å²) in [4.78, 5) is 25.3.